The van der Waals surface area contributed by atoms with Crippen molar-refractivity contribution < 1.29 is 22.0 Å². The van der Waals surface area contributed by atoms with E-state index in [1.54, 1.807) is 17.5 Å². The minimum Gasteiger partial charge on any atom is -0.332 e. The van der Waals surface area contributed by atoms with E-state index in [9.17, 15) is 27.3 Å². The number of hydrogen-bond donors (Lipinski definition) is 2. The number of carbonyl (C=O) groups excluding carboxylic acids is 1. The van der Waals surface area contributed by atoms with E-state index in [-0.39, 0.29) is 21.0 Å². The number of amides is 1. The summed E-state index contributed by atoms with van der Waals surface area (Å²) >= 11 is 1.04. The fraction of sp³-hybridized carbons (Fsp3) is 0.0526. The summed E-state index contributed by atoms with van der Waals surface area (Å²) < 4.78 is 54.0. The molecule has 29 heavy (non-hydrogen) atoms. The van der Waals surface area contributed by atoms with Crippen LogP contribution in [-0.2, 0) is 10.0 Å². The summed E-state index contributed by atoms with van der Waals surface area (Å²) in [6.45, 7) is 0. The first-order chi connectivity index (χ1) is 13.8. The van der Waals surface area contributed by atoms with Gasteiger partial charge in [0.25, 0.3) is 15.9 Å². The van der Waals surface area contributed by atoms with Crippen molar-refractivity contribution in [3.05, 3.63) is 82.7 Å². The predicted octanol–water partition coefficient (Wildman–Crippen LogP) is 3.82. The average molecular weight is 433 g/mol. The molecule has 1 heterocycles. The molecule has 10 heteroatoms. The Bertz CT molecular complexity index is 1190. The number of hydrogen-bond acceptors (Lipinski definition) is 5. The van der Waals surface area contributed by atoms with Gasteiger partial charge in [0, 0.05) is 22.9 Å². The van der Waals surface area contributed by atoms with Crippen LogP contribution in [-0.4, -0.2) is 14.3 Å². The largest absolute Gasteiger partial charge is 0.332 e. The number of sulfonamides is 1. The molecule has 1 amide bonds. The van der Waals surface area contributed by atoms with E-state index in [0.717, 1.165) is 23.5 Å². The molecule has 1 aromatic heterocycles. The van der Waals surface area contributed by atoms with Crippen LogP contribution in [0.1, 0.15) is 22.0 Å². The van der Waals surface area contributed by atoms with Crippen LogP contribution in [0.15, 0.2) is 64.2 Å². The summed E-state index contributed by atoms with van der Waals surface area (Å²) in [6, 6.07) is 11.7. The molecule has 0 aliphatic rings. The Morgan fingerprint density at radius 2 is 1.90 bits per heavy atom. The second-order valence-electron chi connectivity index (χ2n) is 5.82. The number of nitrogens with zero attached hydrogens (tertiary/aromatic N) is 1. The van der Waals surface area contributed by atoms with E-state index in [1.807, 2.05) is 0 Å². The minimum absolute atomic E-state index is 0.0548. The van der Waals surface area contributed by atoms with Gasteiger partial charge in [0.15, 0.2) is 0 Å². The molecule has 0 bridgehead atoms. The zero-order valence-electron chi connectivity index (χ0n) is 14.6. The van der Waals surface area contributed by atoms with Crippen LogP contribution in [0.5, 0.6) is 0 Å². The van der Waals surface area contributed by atoms with Gasteiger partial charge in [-0.15, -0.1) is 11.3 Å². The van der Waals surface area contributed by atoms with Gasteiger partial charge < -0.3 is 5.32 Å². The minimum atomic E-state index is -3.79. The number of rotatable bonds is 6. The molecule has 2 N–H and O–H groups in total. The molecule has 2 aromatic carbocycles. The second-order valence-corrected chi connectivity index (χ2v) is 8.68. The Hall–Kier alpha value is -3.29. The van der Waals surface area contributed by atoms with Crippen LogP contribution in [0.2, 0.25) is 0 Å². The third kappa shape index (κ3) is 4.77. The lowest BCUT2D eigenvalue weighted by atomic mass is 10.1. The Labute approximate surface area is 169 Å². The lowest BCUT2D eigenvalue weighted by Gasteiger charge is -2.14. The molecule has 0 aliphatic carbocycles. The van der Waals surface area contributed by atoms with Crippen LogP contribution < -0.4 is 10.0 Å². The molecule has 148 valence electrons. The normalized spacial score (nSPS) is 12.0. The molecule has 0 aliphatic heterocycles. The molecular weight excluding hydrogens is 420 g/mol. The molecule has 0 saturated carbocycles. The van der Waals surface area contributed by atoms with Gasteiger partial charge in [-0.2, -0.15) is 5.26 Å². The fourth-order valence-corrected chi connectivity index (χ4v) is 4.52. The summed E-state index contributed by atoms with van der Waals surface area (Å²) in [5, 5.41) is 13.2. The van der Waals surface area contributed by atoms with Crippen molar-refractivity contribution in [2.24, 2.45) is 0 Å². The quantitative estimate of drug-likeness (QED) is 0.617. The highest BCUT2D eigenvalue weighted by Crippen LogP contribution is 2.22. The maximum atomic E-state index is 13.9. The Balaban J connectivity index is 1.79. The summed E-state index contributed by atoms with van der Waals surface area (Å²) in [5.41, 5.74) is 0.0171. The molecule has 1 atom stereocenters. The molecule has 0 fully saturated rings. The van der Waals surface area contributed by atoms with Gasteiger partial charge in [-0.3, -0.25) is 9.52 Å². The number of carbonyl (C=O) groups is 1. The molecular formula is C19H13F2N3O3S2. The van der Waals surface area contributed by atoms with E-state index in [0.29, 0.717) is 6.07 Å². The van der Waals surface area contributed by atoms with E-state index in [1.165, 1.54) is 30.3 Å². The van der Waals surface area contributed by atoms with Gasteiger partial charge in [-0.05, 0) is 35.7 Å². The van der Waals surface area contributed by atoms with Crippen LogP contribution in [0.25, 0.3) is 0 Å². The maximum Gasteiger partial charge on any atom is 0.271 e. The molecule has 3 aromatic rings. The van der Waals surface area contributed by atoms with Crippen LogP contribution in [0.3, 0.4) is 0 Å². The smallest absolute Gasteiger partial charge is 0.271 e. The van der Waals surface area contributed by atoms with Crippen molar-refractivity contribution in [2.75, 3.05) is 4.72 Å². The van der Waals surface area contributed by atoms with Crippen molar-refractivity contribution in [3.8, 4) is 6.07 Å². The van der Waals surface area contributed by atoms with Crippen LogP contribution in [0.4, 0.5) is 14.5 Å². The summed E-state index contributed by atoms with van der Waals surface area (Å²) in [6.07, 6.45) is 0. The van der Waals surface area contributed by atoms with Gasteiger partial charge in [0.05, 0.1) is 6.07 Å². The topological polar surface area (TPSA) is 99.1 Å². The highest BCUT2D eigenvalue weighted by Gasteiger charge is 2.20. The number of halogens is 2. The lowest BCUT2D eigenvalue weighted by Crippen LogP contribution is -2.28. The average Bonchev–Trinajstić information content (AvgIpc) is 3.22. The van der Waals surface area contributed by atoms with Gasteiger partial charge in [0.2, 0.25) is 0 Å². The standard InChI is InChI=1S/C19H13F2N3O3S2/c20-13-6-7-15(16(21)10-13)17(11-22)23-19(25)12-3-1-4-14(9-12)24-29(26,27)18-5-2-8-28-18/h1-10,17,24H,(H,23,25). The van der Waals surface area contributed by atoms with Crippen molar-refractivity contribution in [1.82, 2.24) is 5.32 Å². The highest BCUT2D eigenvalue weighted by molar-refractivity contribution is 7.94. The van der Waals surface area contributed by atoms with Gasteiger partial charge in [-0.25, -0.2) is 17.2 Å². The monoisotopic (exact) mass is 433 g/mol. The Morgan fingerprint density at radius 3 is 2.55 bits per heavy atom. The Morgan fingerprint density at radius 1 is 1.10 bits per heavy atom. The molecule has 0 saturated heterocycles. The lowest BCUT2D eigenvalue weighted by molar-refractivity contribution is 0.0944. The number of nitriles is 1. The fourth-order valence-electron chi connectivity index (χ4n) is 2.48. The summed E-state index contributed by atoms with van der Waals surface area (Å²) in [7, 11) is -3.79. The summed E-state index contributed by atoms with van der Waals surface area (Å²) in [4.78, 5) is 12.5. The molecule has 0 spiro atoms. The first kappa shape index (κ1) is 20.4. The zero-order chi connectivity index (χ0) is 21.0. The molecule has 6 nitrogen and oxygen atoms in total. The van der Waals surface area contributed by atoms with Gasteiger partial charge >= 0.3 is 0 Å². The molecule has 0 radical (unpaired) electrons. The number of anilines is 1. The predicted molar refractivity (Wildman–Crippen MR) is 104 cm³/mol. The van der Waals surface area contributed by atoms with Crippen LogP contribution in [0, 0.1) is 23.0 Å². The maximum absolute atomic E-state index is 13.9. The molecule has 1 unspecified atom stereocenters. The third-order valence-electron chi connectivity index (χ3n) is 3.81. The van der Waals surface area contributed by atoms with Crippen molar-refractivity contribution in [3.63, 3.8) is 0 Å². The van der Waals surface area contributed by atoms with E-state index in [2.05, 4.69) is 10.0 Å². The number of thiophene rings is 1. The van der Waals surface area contributed by atoms with Crippen molar-refractivity contribution in [2.45, 2.75) is 10.3 Å². The third-order valence-corrected chi connectivity index (χ3v) is 6.59. The van der Waals surface area contributed by atoms with Crippen molar-refractivity contribution >= 4 is 33.0 Å². The number of nitrogens with one attached hydrogen (secondary N) is 2. The van der Waals surface area contributed by atoms with E-state index in [4.69, 9.17) is 0 Å². The first-order valence-electron chi connectivity index (χ1n) is 8.12. The first-order valence-corrected chi connectivity index (χ1v) is 10.5. The van der Waals surface area contributed by atoms with E-state index < -0.39 is 33.6 Å². The second kappa shape index (κ2) is 8.38. The summed E-state index contributed by atoms with van der Waals surface area (Å²) in [5.74, 6) is -2.49. The Kier molecular flexibility index (Phi) is 5.91. The molecule has 3 rings (SSSR count). The van der Waals surface area contributed by atoms with Gasteiger partial charge in [-0.1, -0.05) is 18.2 Å². The highest BCUT2D eigenvalue weighted by atomic mass is 32.2. The van der Waals surface area contributed by atoms with Gasteiger partial charge in [0.1, 0.15) is 21.9 Å². The van der Waals surface area contributed by atoms with Crippen LogP contribution >= 0.6 is 11.3 Å². The van der Waals surface area contributed by atoms with E-state index >= 15 is 0 Å². The zero-order valence-corrected chi connectivity index (χ0v) is 16.2. The SMILES string of the molecule is N#CC(NC(=O)c1cccc(NS(=O)(=O)c2cccs2)c1)c1ccc(F)cc1F. The number of benzene rings is 2. The van der Waals surface area contributed by atoms with Crippen molar-refractivity contribution in [1.29, 1.82) is 5.26 Å².